The molecule has 0 spiro atoms. The van der Waals surface area contributed by atoms with E-state index in [1.54, 1.807) is 7.11 Å². The van der Waals surface area contributed by atoms with Gasteiger partial charge in [0.1, 0.15) is 5.75 Å². The predicted molar refractivity (Wildman–Crippen MR) is 103 cm³/mol. The van der Waals surface area contributed by atoms with Gasteiger partial charge in [0.05, 0.1) is 18.3 Å². The van der Waals surface area contributed by atoms with E-state index in [-0.39, 0.29) is 5.54 Å². The maximum Gasteiger partial charge on any atom is 0.119 e. The molecule has 24 heavy (non-hydrogen) atoms. The van der Waals surface area contributed by atoms with Gasteiger partial charge in [-0.25, -0.2) is 0 Å². The summed E-state index contributed by atoms with van der Waals surface area (Å²) in [5, 5.41) is 0. The quantitative estimate of drug-likeness (QED) is 0.737. The Kier molecular flexibility index (Phi) is 4.18. The fourth-order valence-electron chi connectivity index (χ4n) is 3.07. The smallest absolute Gasteiger partial charge is 0.119 e. The van der Waals surface area contributed by atoms with Crippen molar-refractivity contribution in [3.63, 3.8) is 0 Å². The number of hydrogen-bond donors (Lipinski definition) is 0. The Morgan fingerprint density at radius 2 is 1.79 bits per heavy atom. The first-order valence-corrected chi connectivity index (χ1v) is 8.16. The molecule has 0 fully saturated rings. The molecule has 3 rings (SSSR count). The Hall–Kier alpha value is -2.55. The molecule has 0 amide bonds. The van der Waals surface area contributed by atoms with Gasteiger partial charge in [0.2, 0.25) is 0 Å². The lowest BCUT2D eigenvalue weighted by Gasteiger charge is -2.40. The second-order valence-corrected chi connectivity index (χ2v) is 6.77. The number of aliphatic imine (C=N–C) groups is 1. The zero-order valence-corrected chi connectivity index (χ0v) is 15.0. The lowest BCUT2D eigenvalue weighted by atomic mass is 9.89. The third-order valence-electron chi connectivity index (χ3n) is 4.68. The molecule has 0 saturated heterocycles. The Balaban J connectivity index is 1.89. The van der Waals surface area contributed by atoms with Gasteiger partial charge in [-0.05, 0) is 68.3 Å². The number of allylic oxidation sites excluding steroid dienone is 1. The third kappa shape index (κ3) is 3.07. The van der Waals surface area contributed by atoms with Crippen LogP contribution in [0.25, 0.3) is 5.57 Å². The second kappa shape index (κ2) is 6.16. The van der Waals surface area contributed by atoms with Gasteiger partial charge in [0, 0.05) is 24.5 Å². The third-order valence-corrected chi connectivity index (χ3v) is 4.68. The minimum absolute atomic E-state index is 0.0375. The SMILES string of the molecule is COc1ccc(N=Cc2ccc3c(c2)C(C)=CC(C)(C)N3C)cc1. The van der Waals surface area contributed by atoms with E-state index in [0.29, 0.717) is 0 Å². The molecule has 3 heteroatoms. The van der Waals surface area contributed by atoms with E-state index < -0.39 is 0 Å². The second-order valence-electron chi connectivity index (χ2n) is 6.77. The molecule has 1 heterocycles. The molecule has 0 atom stereocenters. The van der Waals surface area contributed by atoms with E-state index in [1.165, 1.54) is 16.8 Å². The largest absolute Gasteiger partial charge is 0.497 e. The fraction of sp³-hybridized carbons (Fsp3) is 0.286. The first-order valence-electron chi connectivity index (χ1n) is 8.16. The normalized spacial score (nSPS) is 16.0. The standard InChI is InChI=1S/C21H24N2O/c1-15-13-21(2,3)23(4)20-11-6-16(12-19(15)20)14-22-17-7-9-18(24-5)10-8-17/h6-14H,1-5H3. The monoisotopic (exact) mass is 320 g/mol. The molecule has 0 N–H and O–H groups in total. The van der Waals surface area contributed by atoms with Crippen LogP contribution in [0, 0.1) is 0 Å². The van der Waals surface area contributed by atoms with Crippen LogP contribution < -0.4 is 9.64 Å². The summed E-state index contributed by atoms with van der Waals surface area (Å²) in [7, 11) is 3.81. The lowest BCUT2D eigenvalue weighted by molar-refractivity contribution is 0.415. The van der Waals surface area contributed by atoms with Gasteiger partial charge in [-0.3, -0.25) is 4.99 Å². The Bertz CT molecular complexity index is 801. The van der Waals surface area contributed by atoms with Crippen molar-refractivity contribution >= 4 is 23.2 Å². The summed E-state index contributed by atoms with van der Waals surface area (Å²) in [6, 6.07) is 14.3. The van der Waals surface area contributed by atoms with E-state index in [4.69, 9.17) is 4.74 Å². The van der Waals surface area contributed by atoms with Crippen molar-refractivity contribution < 1.29 is 4.74 Å². The maximum absolute atomic E-state index is 5.17. The van der Waals surface area contributed by atoms with E-state index >= 15 is 0 Å². The summed E-state index contributed by atoms with van der Waals surface area (Å²) >= 11 is 0. The van der Waals surface area contributed by atoms with Crippen LogP contribution in [-0.2, 0) is 0 Å². The summed E-state index contributed by atoms with van der Waals surface area (Å²) in [5.74, 6) is 0.842. The van der Waals surface area contributed by atoms with Crippen LogP contribution >= 0.6 is 0 Å². The molecule has 3 nitrogen and oxygen atoms in total. The Morgan fingerprint density at radius 1 is 1.08 bits per heavy atom. The van der Waals surface area contributed by atoms with E-state index in [0.717, 1.165) is 17.0 Å². The summed E-state index contributed by atoms with van der Waals surface area (Å²) < 4.78 is 5.17. The molecular weight excluding hydrogens is 296 g/mol. The predicted octanol–water partition coefficient (Wildman–Crippen LogP) is 5.08. The van der Waals surface area contributed by atoms with Gasteiger partial charge in [-0.15, -0.1) is 0 Å². The number of hydrogen-bond acceptors (Lipinski definition) is 3. The number of fused-ring (bicyclic) bond motifs is 1. The van der Waals surface area contributed by atoms with Gasteiger partial charge in [0.15, 0.2) is 0 Å². The Morgan fingerprint density at radius 3 is 2.46 bits per heavy atom. The van der Waals surface area contributed by atoms with Gasteiger partial charge in [-0.2, -0.15) is 0 Å². The van der Waals surface area contributed by atoms with Crippen LogP contribution in [0.4, 0.5) is 11.4 Å². The molecule has 0 unspecified atom stereocenters. The van der Waals surface area contributed by atoms with Gasteiger partial charge < -0.3 is 9.64 Å². The van der Waals surface area contributed by atoms with Crippen LogP contribution in [0.3, 0.4) is 0 Å². The fourth-order valence-corrected chi connectivity index (χ4v) is 3.07. The molecule has 1 aliphatic heterocycles. The molecule has 0 radical (unpaired) electrons. The average molecular weight is 320 g/mol. The topological polar surface area (TPSA) is 24.8 Å². The maximum atomic E-state index is 5.17. The van der Waals surface area contributed by atoms with Crippen molar-refractivity contribution in [2.24, 2.45) is 4.99 Å². The van der Waals surface area contributed by atoms with Crippen LogP contribution in [0.5, 0.6) is 5.75 Å². The van der Waals surface area contributed by atoms with Gasteiger partial charge in [0.25, 0.3) is 0 Å². The Labute approximate surface area is 144 Å². The summed E-state index contributed by atoms with van der Waals surface area (Å²) in [6.07, 6.45) is 4.23. The minimum Gasteiger partial charge on any atom is -0.497 e. The minimum atomic E-state index is 0.0375. The molecular formula is C21H24N2O. The van der Waals surface area contributed by atoms with Crippen LogP contribution in [-0.4, -0.2) is 25.9 Å². The highest BCUT2D eigenvalue weighted by Crippen LogP contribution is 2.37. The number of methoxy groups -OCH3 is 1. The average Bonchev–Trinajstić information content (AvgIpc) is 2.58. The molecule has 0 saturated carbocycles. The number of nitrogens with zero attached hydrogens (tertiary/aromatic N) is 2. The molecule has 0 bridgehead atoms. The number of benzene rings is 2. The highest BCUT2D eigenvalue weighted by Gasteiger charge is 2.28. The van der Waals surface area contributed by atoms with E-state index in [2.05, 4.69) is 62.0 Å². The number of likely N-dealkylation sites (N-methyl/N-ethyl adjacent to an activating group) is 1. The van der Waals surface area contributed by atoms with Gasteiger partial charge in [-0.1, -0.05) is 12.1 Å². The molecule has 2 aromatic carbocycles. The lowest BCUT2D eigenvalue weighted by Crippen LogP contribution is -2.42. The highest BCUT2D eigenvalue weighted by atomic mass is 16.5. The van der Waals surface area contributed by atoms with Crippen LogP contribution in [0.2, 0.25) is 0 Å². The van der Waals surface area contributed by atoms with Crippen molar-refractivity contribution in [3.8, 4) is 5.75 Å². The molecule has 1 aliphatic rings. The summed E-state index contributed by atoms with van der Waals surface area (Å²) in [5.41, 5.74) is 5.91. The number of rotatable bonds is 3. The molecule has 0 aliphatic carbocycles. The van der Waals surface area contributed by atoms with Crippen molar-refractivity contribution in [3.05, 3.63) is 59.7 Å². The molecule has 2 aromatic rings. The summed E-state index contributed by atoms with van der Waals surface area (Å²) in [6.45, 7) is 6.65. The van der Waals surface area contributed by atoms with Crippen molar-refractivity contribution in [2.45, 2.75) is 26.3 Å². The van der Waals surface area contributed by atoms with Crippen molar-refractivity contribution in [2.75, 3.05) is 19.1 Å². The summed E-state index contributed by atoms with van der Waals surface area (Å²) in [4.78, 5) is 6.88. The van der Waals surface area contributed by atoms with Crippen molar-refractivity contribution in [1.82, 2.24) is 0 Å². The number of anilines is 1. The van der Waals surface area contributed by atoms with Crippen molar-refractivity contribution in [1.29, 1.82) is 0 Å². The van der Waals surface area contributed by atoms with Crippen LogP contribution in [0.15, 0.2) is 53.5 Å². The first-order chi connectivity index (χ1) is 11.4. The van der Waals surface area contributed by atoms with Crippen LogP contribution in [0.1, 0.15) is 31.9 Å². The van der Waals surface area contributed by atoms with E-state index in [9.17, 15) is 0 Å². The van der Waals surface area contributed by atoms with Gasteiger partial charge >= 0.3 is 0 Å². The molecule has 0 aromatic heterocycles. The highest BCUT2D eigenvalue weighted by molar-refractivity contribution is 5.88. The first kappa shape index (κ1) is 16.3. The molecule has 124 valence electrons. The number of ether oxygens (including phenoxy) is 1. The zero-order valence-electron chi connectivity index (χ0n) is 15.0. The zero-order chi connectivity index (χ0) is 17.3. The van der Waals surface area contributed by atoms with E-state index in [1.807, 2.05) is 30.5 Å².